The zero-order valence-corrected chi connectivity index (χ0v) is 18.9. The average molecular weight is 490 g/mol. The molecule has 7 nitrogen and oxygen atoms in total. The summed E-state index contributed by atoms with van der Waals surface area (Å²) in [7, 11) is 1.44. The largest absolute Gasteiger partial charge is 0.417 e. The number of benzene rings is 1. The number of nitrogens with one attached hydrogen (secondary N) is 2. The van der Waals surface area contributed by atoms with Crippen LogP contribution in [0.1, 0.15) is 37.1 Å². The lowest BCUT2D eigenvalue weighted by Gasteiger charge is -2.17. The van der Waals surface area contributed by atoms with Gasteiger partial charge in [-0.15, -0.1) is 5.10 Å². The van der Waals surface area contributed by atoms with Gasteiger partial charge in [0, 0.05) is 19.2 Å². The average Bonchev–Trinajstić information content (AvgIpc) is 3.39. The Bertz CT molecular complexity index is 963. The number of H-pyrrole nitrogens is 1. The van der Waals surface area contributed by atoms with E-state index in [-0.39, 0.29) is 23.9 Å². The van der Waals surface area contributed by atoms with Crippen molar-refractivity contribution in [3.8, 4) is 0 Å². The summed E-state index contributed by atoms with van der Waals surface area (Å²) in [6, 6.07) is 3.08. The van der Waals surface area contributed by atoms with Crippen molar-refractivity contribution in [2.75, 3.05) is 24.7 Å². The predicted octanol–water partition coefficient (Wildman–Crippen LogP) is 4.40. The van der Waals surface area contributed by atoms with Crippen LogP contribution in [0.15, 0.2) is 23.4 Å². The number of rotatable bonds is 8. The van der Waals surface area contributed by atoms with Crippen LogP contribution in [-0.4, -0.2) is 51.2 Å². The Hall–Kier alpha value is -2.27. The number of amides is 2. The fraction of sp³-hybridized carbons (Fsp3) is 0.500. The minimum atomic E-state index is -4.64. The fourth-order valence-electron chi connectivity index (χ4n) is 3.48. The van der Waals surface area contributed by atoms with Gasteiger partial charge in [-0.25, -0.2) is 4.98 Å². The number of aromatic nitrogens is 3. The van der Waals surface area contributed by atoms with E-state index in [2.05, 4.69) is 20.5 Å². The number of thioether (sulfide) groups is 1. The Labute approximate surface area is 192 Å². The highest BCUT2D eigenvalue weighted by atomic mass is 35.5. The van der Waals surface area contributed by atoms with Gasteiger partial charge in [-0.1, -0.05) is 49.0 Å². The highest BCUT2D eigenvalue weighted by molar-refractivity contribution is 7.99. The number of anilines is 1. The van der Waals surface area contributed by atoms with Crippen LogP contribution in [0.25, 0.3) is 0 Å². The summed E-state index contributed by atoms with van der Waals surface area (Å²) >= 11 is 6.73. The standard InChI is InChI=1S/C20H23ClF3N5O2S/c1-29(10-17(30)25-13-6-7-15(21)14(9-13)20(22,23)24)18(31)11-32-19-26-16(27-28-19)8-12-4-2-3-5-12/h6-7,9,12H,2-5,8,10-11H2,1H3,(H,25,30)(H,26,27,28). The van der Waals surface area contributed by atoms with Crippen molar-refractivity contribution < 1.29 is 22.8 Å². The van der Waals surface area contributed by atoms with Gasteiger partial charge in [0.25, 0.3) is 0 Å². The summed E-state index contributed by atoms with van der Waals surface area (Å²) in [5, 5.41) is 9.37. The maximum atomic E-state index is 12.9. The molecular weight excluding hydrogens is 467 g/mol. The summed E-state index contributed by atoms with van der Waals surface area (Å²) in [6.07, 6.45) is 1.10. The highest BCUT2D eigenvalue weighted by Crippen LogP contribution is 2.36. The van der Waals surface area contributed by atoms with E-state index in [0.717, 1.165) is 36.1 Å². The minimum absolute atomic E-state index is 0.0314. The second-order valence-electron chi connectivity index (χ2n) is 7.70. The maximum Gasteiger partial charge on any atom is 0.417 e. The minimum Gasteiger partial charge on any atom is -0.336 e. The molecule has 0 bridgehead atoms. The topological polar surface area (TPSA) is 91.0 Å². The van der Waals surface area contributed by atoms with Gasteiger partial charge in [-0.2, -0.15) is 13.2 Å². The van der Waals surface area contributed by atoms with Gasteiger partial charge >= 0.3 is 6.18 Å². The zero-order chi connectivity index (χ0) is 23.3. The number of hydrogen-bond donors (Lipinski definition) is 2. The van der Waals surface area contributed by atoms with Crippen molar-refractivity contribution in [3.05, 3.63) is 34.6 Å². The third-order valence-electron chi connectivity index (χ3n) is 5.15. The number of carbonyl (C=O) groups is 2. The Morgan fingerprint density at radius 1 is 1.31 bits per heavy atom. The fourth-order valence-corrected chi connectivity index (χ4v) is 4.47. The SMILES string of the molecule is CN(CC(=O)Nc1ccc(Cl)c(C(F)(F)F)c1)C(=O)CSc1n[nH]c(CC2CCCC2)n1. The van der Waals surface area contributed by atoms with Crippen LogP contribution in [0.3, 0.4) is 0 Å². The molecule has 0 saturated heterocycles. The summed E-state index contributed by atoms with van der Waals surface area (Å²) in [6.45, 7) is -0.315. The zero-order valence-electron chi connectivity index (χ0n) is 17.3. The van der Waals surface area contributed by atoms with E-state index in [9.17, 15) is 22.8 Å². The monoisotopic (exact) mass is 489 g/mol. The Kier molecular flexibility index (Phi) is 8.05. The number of alkyl halides is 3. The van der Waals surface area contributed by atoms with Gasteiger partial charge in [0.05, 0.1) is 22.9 Å². The lowest BCUT2D eigenvalue weighted by Crippen LogP contribution is -2.36. The van der Waals surface area contributed by atoms with E-state index in [1.165, 1.54) is 43.7 Å². The smallest absolute Gasteiger partial charge is 0.336 e. The Morgan fingerprint density at radius 3 is 2.72 bits per heavy atom. The van der Waals surface area contributed by atoms with Gasteiger partial charge in [-0.05, 0) is 24.1 Å². The second-order valence-corrected chi connectivity index (χ2v) is 9.05. The van der Waals surface area contributed by atoms with E-state index in [0.29, 0.717) is 11.1 Å². The van der Waals surface area contributed by atoms with Gasteiger partial charge in [0.1, 0.15) is 5.82 Å². The molecule has 1 saturated carbocycles. The number of aromatic amines is 1. The summed E-state index contributed by atoms with van der Waals surface area (Å²) in [4.78, 5) is 30.1. The number of carbonyl (C=O) groups excluding carboxylic acids is 2. The molecule has 2 N–H and O–H groups in total. The highest BCUT2D eigenvalue weighted by Gasteiger charge is 2.33. The molecule has 12 heteroatoms. The van der Waals surface area contributed by atoms with Crippen molar-refractivity contribution in [3.63, 3.8) is 0 Å². The summed E-state index contributed by atoms with van der Waals surface area (Å²) < 4.78 is 38.8. The van der Waals surface area contributed by atoms with Crippen LogP contribution in [0.5, 0.6) is 0 Å². The molecule has 1 aliphatic rings. The lowest BCUT2D eigenvalue weighted by atomic mass is 10.0. The molecule has 1 aliphatic carbocycles. The number of hydrogen-bond acceptors (Lipinski definition) is 5. The molecule has 2 aromatic rings. The van der Waals surface area contributed by atoms with E-state index in [1.807, 2.05) is 0 Å². The van der Waals surface area contributed by atoms with E-state index in [1.54, 1.807) is 0 Å². The van der Waals surface area contributed by atoms with Gasteiger partial charge in [0.15, 0.2) is 0 Å². The first-order valence-electron chi connectivity index (χ1n) is 10.1. The first kappa shape index (κ1) is 24.4. The Morgan fingerprint density at radius 2 is 2.03 bits per heavy atom. The first-order chi connectivity index (χ1) is 15.1. The molecule has 0 spiro atoms. The molecule has 3 rings (SSSR count). The van der Waals surface area contributed by atoms with Crippen LogP contribution in [0, 0.1) is 5.92 Å². The van der Waals surface area contributed by atoms with Gasteiger partial charge in [0.2, 0.25) is 17.0 Å². The van der Waals surface area contributed by atoms with E-state index < -0.39 is 22.7 Å². The van der Waals surface area contributed by atoms with Crippen LogP contribution < -0.4 is 5.32 Å². The molecule has 174 valence electrons. The quantitative estimate of drug-likeness (QED) is 0.536. The molecule has 0 aliphatic heterocycles. The molecule has 0 radical (unpaired) electrons. The van der Waals surface area contributed by atoms with E-state index >= 15 is 0 Å². The molecular formula is C20H23ClF3N5O2S. The summed E-state index contributed by atoms with van der Waals surface area (Å²) in [5.74, 6) is 0.502. The van der Waals surface area contributed by atoms with Gasteiger partial charge in [-0.3, -0.25) is 14.7 Å². The molecule has 1 aromatic carbocycles. The van der Waals surface area contributed by atoms with Gasteiger partial charge < -0.3 is 10.2 Å². The molecule has 0 atom stereocenters. The van der Waals surface area contributed by atoms with Crippen molar-refractivity contribution in [2.45, 2.75) is 43.4 Å². The van der Waals surface area contributed by atoms with Crippen molar-refractivity contribution in [1.29, 1.82) is 0 Å². The normalized spacial score (nSPS) is 14.5. The number of nitrogens with zero attached hydrogens (tertiary/aromatic N) is 3. The first-order valence-corrected chi connectivity index (χ1v) is 11.4. The third kappa shape index (κ3) is 6.86. The third-order valence-corrected chi connectivity index (χ3v) is 6.32. The molecule has 0 unspecified atom stereocenters. The number of likely N-dealkylation sites (N-methyl/N-ethyl adjacent to an activating group) is 1. The molecule has 1 heterocycles. The lowest BCUT2D eigenvalue weighted by molar-refractivity contribution is -0.137. The van der Waals surface area contributed by atoms with Crippen LogP contribution in [0.2, 0.25) is 5.02 Å². The van der Waals surface area contributed by atoms with Crippen LogP contribution in [-0.2, 0) is 22.2 Å². The van der Waals surface area contributed by atoms with Crippen LogP contribution in [0.4, 0.5) is 18.9 Å². The van der Waals surface area contributed by atoms with E-state index in [4.69, 9.17) is 11.6 Å². The predicted molar refractivity (Wildman–Crippen MR) is 115 cm³/mol. The Balaban J connectivity index is 1.46. The number of halogens is 4. The molecule has 2 amide bonds. The van der Waals surface area contributed by atoms with Crippen molar-refractivity contribution >= 4 is 40.9 Å². The molecule has 1 aromatic heterocycles. The van der Waals surface area contributed by atoms with Crippen LogP contribution >= 0.6 is 23.4 Å². The van der Waals surface area contributed by atoms with Crippen molar-refractivity contribution in [1.82, 2.24) is 20.1 Å². The maximum absolute atomic E-state index is 12.9. The second kappa shape index (κ2) is 10.6. The van der Waals surface area contributed by atoms with Crippen molar-refractivity contribution in [2.24, 2.45) is 5.92 Å². The summed E-state index contributed by atoms with van der Waals surface area (Å²) in [5.41, 5.74) is -1.10. The molecule has 1 fully saturated rings. The molecule has 32 heavy (non-hydrogen) atoms.